The number of carboxylic acids is 1. The van der Waals surface area contributed by atoms with E-state index in [4.69, 9.17) is 5.26 Å². The second-order valence-electron chi connectivity index (χ2n) is 5.68. The molecule has 6 heteroatoms. The van der Waals surface area contributed by atoms with Gasteiger partial charge < -0.3 is 14.9 Å². The smallest absolute Gasteiger partial charge is 0.320 e. The average Bonchev–Trinajstić information content (AvgIpc) is 2.47. The SMILES string of the molecule is CCN(CCC#N)C(=O)N(C)C1(CC(=O)O)CCCCC1. The Kier molecular flexibility index (Phi) is 6.47. The average molecular weight is 295 g/mol. The zero-order chi connectivity index (χ0) is 15.9. The Balaban J connectivity index is 2.88. The molecule has 1 saturated carbocycles. The van der Waals surface area contributed by atoms with Crippen LogP contribution in [0.15, 0.2) is 0 Å². The van der Waals surface area contributed by atoms with Gasteiger partial charge in [0.1, 0.15) is 0 Å². The van der Waals surface area contributed by atoms with Gasteiger partial charge in [0.15, 0.2) is 0 Å². The monoisotopic (exact) mass is 295 g/mol. The van der Waals surface area contributed by atoms with E-state index in [1.165, 1.54) is 0 Å². The molecule has 0 unspecified atom stereocenters. The van der Waals surface area contributed by atoms with Crippen LogP contribution >= 0.6 is 0 Å². The normalized spacial score (nSPS) is 16.8. The number of nitrogens with zero attached hydrogens (tertiary/aromatic N) is 3. The zero-order valence-electron chi connectivity index (χ0n) is 13.0. The van der Waals surface area contributed by atoms with Crippen molar-refractivity contribution in [2.75, 3.05) is 20.1 Å². The van der Waals surface area contributed by atoms with Gasteiger partial charge in [-0.05, 0) is 19.8 Å². The Labute approximate surface area is 126 Å². The number of carbonyl (C=O) groups excluding carboxylic acids is 1. The van der Waals surface area contributed by atoms with Crippen molar-refractivity contribution < 1.29 is 14.7 Å². The van der Waals surface area contributed by atoms with E-state index < -0.39 is 11.5 Å². The highest BCUT2D eigenvalue weighted by atomic mass is 16.4. The van der Waals surface area contributed by atoms with Crippen molar-refractivity contribution in [2.24, 2.45) is 0 Å². The third kappa shape index (κ3) is 4.35. The van der Waals surface area contributed by atoms with E-state index in [0.29, 0.717) is 19.5 Å². The maximum Gasteiger partial charge on any atom is 0.320 e. The highest BCUT2D eigenvalue weighted by molar-refractivity contribution is 5.77. The predicted octanol–water partition coefficient (Wildman–Crippen LogP) is 2.45. The maximum atomic E-state index is 12.6. The van der Waals surface area contributed by atoms with Crippen molar-refractivity contribution in [3.8, 4) is 6.07 Å². The Bertz CT molecular complexity index is 411. The first-order valence-electron chi connectivity index (χ1n) is 7.58. The van der Waals surface area contributed by atoms with Gasteiger partial charge in [-0.3, -0.25) is 4.79 Å². The molecular weight excluding hydrogens is 270 g/mol. The molecule has 1 aliphatic rings. The third-order valence-corrected chi connectivity index (χ3v) is 4.41. The minimum atomic E-state index is -0.864. The second-order valence-corrected chi connectivity index (χ2v) is 5.68. The quantitative estimate of drug-likeness (QED) is 0.815. The van der Waals surface area contributed by atoms with Crippen molar-refractivity contribution in [3.05, 3.63) is 0 Å². The first-order chi connectivity index (χ1) is 9.96. The number of carboxylic acid groups (broad SMARTS) is 1. The Morgan fingerprint density at radius 1 is 1.29 bits per heavy atom. The standard InChI is InChI=1S/C15H25N3O3/c1-3-18(11-7-10-16)14(21)17(2)15(12-13(19)20)8-5-4-6-9-15/h3-9,11-12H2,1-2H3,(H,19,20). The molecule has 1 N–H and O–H groups in total. The van der Waals surface area contributed by atoms with E-state index in [1.807, 2.05) is 13.0 Å². The number of nitriles is 1. The van der Waals surface area contributed by atoms with Crippen LogP contribution in [-0.2, 0) is 4.79 Å². The van der Waals surface area contributed by atoms with Crippen LogP contribution in [-0.4, -0.2) is 52.6 Å². The molecule has 0 aromatic rings. The highest BCUT2D eigenvalue weighted by Crippen LogP contribution is 2.36. The molecule has 0 saturated heterocycles. The van der Waals surface area contributed by atoms with Crippen LogP contribution in [0.5, 0.6) is 0 Å². The maximum absolute atomic E-state index is 12.6. The first kappa shape index (κ1) is 17.3. The first-order valence-corrected chi connectivity index (χ1v) is 7.58. The van der Waals surface area contributed by atoms with Crippen molar-refractivity contribution in [1.82, 2.24) is 9.80 Å². The van der Waals surface area contributed by atoms with Crippen LogP contribution in [0.2, 0.25) is 0 Å². The summed E-state index contributed by atoms with van der Waals surface area (Å²) in [5.41, 5.74) is -0.582. The van der Waals surface area contributed by atoms with E-state index in [2.05, 4.69) is 0 Å². The number of hydrogen-bond acceptors (Lipinski definition) is 3. The summed E-state index contributed by atoms with van der Waals surface area (Å²) in [4.78, 5) is 27.1. The van der Waals surface area contributed by atoms with Crippen LogP contribution in [0.1, 0.15) is 51.9 Å². The molecule has 0 aliphatic heterocycles. The summed E-state index contributed by atoms with van der Waals surface area (Å²) in [6.07, 6.45) is 4.75. The van der Waals surface area contributed by atoms with Gasteiger partial charge in [-0.1, -0.05) is 19.3 Å². The molecular formula is C15H25N3O3. The van der Waals surface area contributed by atoms with Gasteiger partial charge in [-0.15, -0.1) is 0 Å². The van der Waals surface area contributed by atoms with E-state index >= 15 is 0 Å². The summed E-state index contributed by atoms with van der Waals surface area (Å²) in [6, 6.07) is 1.87. The lowest BCUT2D eigenvalue weighted by molar-refractivity contribution is -0.140. The Morgan fingerprint density at radius 2 is 1.90 bits per heavy atom. The number of aliphatic carboxylic acids is 1. The van der Waals surface area contributed by atoms with Crippen LogP contribution < -0.4 is 0 Å². The molecule has 0 atom stereocenters. The topological polar surface area (TPSA) is 84.6 Å². The van der Waals surface area contributed by atoms with E-state index in [9.17, 15) is 14.7 Å². The number of amides is 2. The van der Waals surface area contributed by atoms with Crippen LogP contribution in [0.3, 0.4) is 0 Å². The van der Waals surface area contributed by atoms with Crippen LogP contribution in [0.4, 0.5) is 4.79 Å². The summed E-state index contributed by atoms with van der Waals surface area (Å²) in [5.74, 6) is -0.864. The molecule has 0 bridgehead atoms. The molecule has 0 aromatic carbocycles. The highest BCUT2D eigenvalue weighted by Gasteiger charge is 2.41. The van der Waals surface area contributed by atoms with Gasteiger partial charge in [0.05, 0.1) is 24.4 Å². The van der Waals surface area contributed by atoms with E-state index in [0.717, 1.165) is 32.1 Å². The molecule has 2 amide bonds. The van der Waals surface area contributed by atoms with Crippen molar-refractivity contribution in [2.45, 2.75) is 57.4 Å². The largest absolute Gasteiger partial charge is 0.481 e. The lowest BCUT2D eigenvalue weighted by atomic mass is 9.78. The fraction of sp³-hybridized carbons (Fsp3) is 0.800. The minimum Gasteiger partial charge on any atom is -0.481 e. The fourth-order valence-corrected chi connectivity index (χ4v) is 3.11. The molecule has 1 aliphatic carbocycles. The van der Waals surface area contributed by atoms with Crippen molar-refractivity contribution in [3.63, 3.8) is 0 Å². The summed E-state index contributed by atoms with van der Waals surface area (Å²) in [7, 11) is 1.70. The Hall–Kier alpha value is -1.77. The molecule has 0 heterocycles. The van der Waals surface area contributed by atoms with Crippen molar-refractivity contribution >= 4 is 12.0 Å². The number of rotatable bonds is 6. The van der Waals surface area contributed by atoms with Crippen LogP contribution in [0, 0.1) is 11.3 Å². The predicted molar refractivity (Wildman–Crippen MR) is 78.7 cm³/mol. The molecule has 0 radical (unpaired) electrons. The Morgan fingerprint density at radius 3 is 2.38 bits per heavy atom. The number of hydrogen-bond donors (Lipinski definition) is 1. The molecule has 118 valence electrons. The molecule has 0 aromatic heterocycles. The molecule has 1 fully saturated rings. The molecule has 0 spiro atoms. The van der Waals surface area contributed by atoms with Gasteiger partial charge in [-0.2, -0.15) is 5.26 Å². The second kappa shape index (κ2) is 7.87. The van der Waals surface area contributed by atoms with Gasteiger partial charge in [0.25, 0.3) is 0 Å². The molecule has 1 rings (SSSR count). The lowest BCUT2D eigenvalue weighted by Crippen LogP contribution is -2.56. The van der Waals surface area contributed by atoms with Gasteiger partial charge in [0.2, 0.25) is 0 Å². The van der Waals surface area contributed by atoms with Crippen molar-refractivity contribution in [1.29, 1.82) is 5.26 Å². The minimum absolute atomic E-state index is 0.00888. The fourth-order valence-electron chi connectivity index (χ4n) is 3.11. The third-order valence-electron chi connectivity index (χ3n) is 4.41. The number of carbonyl (C=O) groups is 2. The molecule has 21 heavy (non-hydrogen) atoms. The van der Waals surface area contributed by atoms with Gasteiger partial charge in [-0.25, -0.2) is 4.79 Å². The number of urea groups is 1. The van der Waals surface area contributed by atoms with Gasteiger partial charge >= 0.3 is 12.0 Å². The van der Waals surface area contributed by atoms with Crippen LogP contribution in [0.25, 0.3) is 0 Å². The van der Waals surface area contributed by atoms with Gasteiger partial charge in [0, 0.05) is 20.1 Å². The van der Waals surface area contributed by atoms with E-state index in [1.54, 1.807) is 16.8 Å². The van der Waals surface area contributed by atoms with E-state index in [-0.39, 0.29) is 12.5 Å². The summed E-state index contributed by atoms with van der Waals surface area (Å²) in [6.45, 7) is 2.78. The zero-order valence-corrected chi connectivity index (χ0v) is 13.0. The summed E-state index contributed by atoms with van der Waals surface area (Å²) < 4.78 is 0. The lowest BCUT2D eigenvalue weighted by Gasteiger charge is -2.45. The molecule has 6 nitrogen and oxygen atoms in total. The summed E-state index contributed by atoms with van der Waals surface area (Å²) in [5, 5.41) is 17.9. The summed E-state index contributed by atoms with van der Waals surface area (Å²) >= 11 is 0.